The minimum Gasteiger partial charge on any atom is -0.489 e. The summed E-state index contributed by atoms with van der Waals surface area (Å²) in [5.74, 6) is 0.975. The second kappa shape index (κ2) is 11.1. The number of hydrogen-bond donors (Lipinski definition) is 1. The van der Waals surface area contributed by atoms with E-state index in [0.29, 0.717) is 12.0 Å². The molecule has 190 valence electrons. The summed E-state index contributed by atoms with van der Waals surface area (Å²) in [4.78, 5) is 2.56. The largest absolute Gasteiger partial charge is 0.489 e. The lowest BCUT2D eigenvalue weighted by molar-refractivity contribution is -0.0209. The van der Waals surface area contributed by atoms with Crippen molar-refractivity contribution in [2.24, 2.45) is 11.1 Å². The molecule has 0 bridgehead atoms. The molecule has 2 N–H and O–H groups in total. The van der Waals surface area contributed by atoms with Gasteiger partial charge in [-0.05, 0) is 103 Å². The Kier molecular flexibility index (Phi) is 7.64. The zero-order valence-electron chi connectivity index (χ0n) is 21.8. The second-order valence-electron chi connectivity index (χ2n) is 10.7. The van der Waals surface area contributed by atoms with E-state index in [0.717, 1.165) is 44.0 Å². The van der Waals surface area contributed by atoms with Crippen molar-refractivity contribution in [3.63, 3.8) is 0 Å². The molecule has 1 spiro atoms. The molecule has 3 aromatic carbocycles. The van der Waals surface area contributed by atoms with Crippen LogP contribution in [0.2, 0.25) is 0 Å². The Morgan fingerprint density at radius 3 is 2.56 bits per heavy atom. The van der Waals surface area contributed by atoms with E-state index < -0.39 is 0 Å². The molecule has 2 saturated heterocycles. The van der Waals surface area contributed by atoms with Gasteiger partial charge >= 0.3 is 0 Å². The Hall–Kier alpha value is -2.82. The molecule has 0 aromatic heterocycles. The molecule has 0 aliphatic carbocycles. The smallest absolute Gasteiger partial charge is 0.122 e. The second-order valence-corrected chi connectivity index (χ2v) is 10.7. The first-order valence-corrected chi connectivity index (χ1v) is 13.6. The number of nitrogens with zero attached hydrogens (tertiary/aromatic N) is 1. The van der Waals surface area contributed by atoms with Crippen LogP contribution in [0.4, 0.5) is 5.69 Å². The van der Waals surface area contributed by atoms with Gasteiger partial charge in [-0.2, -0.15) is 0 Å². The summed E-state index contributed by atoms with van der Waals surface area (Å²) in [5.41, 5.74) is 13.9. The molecule has 3 aromatic rings. The Morgan fingerprint density at radius 2 is 1.81 bits per heavy atom. The minimum absolute atomic E-state index is 0.0116. The summed E-state index contributed by atoms with van der Waals surface area (Å²) in [6, 6.07) is 23.9. The fourth-order valence-electron chi connectivity index (χ4n) is 5.75. The predicted octanol–water partition coefficient (Wildman–Crippen LogP) is 6.91. The number of hydrogen-bond acceptors (Lipinski definition) is 4. The molecule has 0 amide bonds. The molecule has 0 saturated carbocycles. The fraction of sp³-hybridized carbons (Fsp3) is 0.438. The van der Waals surface area contributed by atoms with Gasteiger partial charge in [0, 0.05) is 31.4 Å². The Bertz CT molecular complexity index is 1160. The van der Waals surface area contributed by atoms with Gasteiger partial charge in [-0.1, -0.05) is 43.3 Å². The van der Waals surface area contributed by atoms with E-state index in [4.69, 9.17) is 15.2 Å². The number of nitrogens with two attached hydrogens (primary N) is 1. The van der Waals surface area contributed by atoms with Gasteiger partial charge in [0.2, 0.25) is 0 Å². The van der Waals surface area contributed by atoms with Crippen molar-refractivity contribution < 1.29 is 9.47 Å². The van der Waals surface area contributed by atoms with Crippen LogP contribution in [0, 0.1) is 5.41 Å². The van der Waals surface area contributed by atoms with Crippen molar-refractivity contribution in [1.82, 2.24) is 0 Å². The maximum Gasteiger partial charge on any atom is 0.122 e. The van der Waals surface area contributed by atoms with Crippen molar-refractivity contribution in [3.05, 3.63) is 83.4 Å². The van der Waals surface area contributed by atoms with Crippen LogP contribution >= 0.6 is 0 Å². The first-order valence-electron chi connectivity index (χ1n) is 13.6. The molecule has 1 atom stereocenters. The van der Waals surface area contributed by atoms with Gasteiger partial charge in [-0.3, -0.25) is 0 Å². The van der Waals surface area contributed by atoms with Gasteiger partial charge in [-0.25, -0.2) is 0 Å². The minimum atomic E-state index is 0.0116. The average Bonchev–Trinajstić information content (AvgIpc) is 2.93. The number of anilines is 1. The first kappa shape index (κ1) is 24.9. The van der Waals surface area contributed by atoms with E-state index in [1.165, 1.54) is 53.6 Å². The third-order valence-electron chi connectivity index (χ3n) is 8.06. The molecule has 5 rings (SSSR count). The maximum absolute atomic E-state index is 6.34. The lowest BCUT2D eigenvalue weighted by Crippen LogP contribution is -2.44. The van der Waals surface area contributed by atoms with E-state index in [1.807, 2.05) is 13.0 Å². The van der Waals surface area contributed by atoms with E-state index in [1.54, 1.807) is 0 Å². The van der Waals surface area contributed by atoms with Gasteiger partial charge in [-0.15, -0.1) is 0 Å². The summed E-state index contributed by atoms with van der Waals surface area (Å²) >= 11 is 0. The van der Waals surface area contributed by atoms with Crippen LogP contribution in [-0.4, -0.2) is 26.3 Å². The molecule has 2 aliphatic heterocycles. The first-order chi connectivity index (χ1) is 17.5. The quantitative estimate of drug-likeness (QED) is 0.396. The van der Waals surface area contributed by atoms with E-state index in [9.17, 15) is 0 Å². The maximum atomic E-state index is 6.34. The number of rotatable bonds is 7. The van der Waals surface area contributed by atoms with Crippen LogP contribution < -0.4 is 15.4 Å². The predicted molar refractivity (Wildman–Crippen MR) is 149 cm³/mol. The zero-order chi connectivity index (χ0) is 25.0. The summed E-state index contributed by atoms with van der Waals surface area (Å²) in [5, 5.41) is 0. The molecule has 2 heterocycles. The van der Waals surface area contributed by atoms with Crippen molar-refractivity contribution in [2.45, 2.75) is 58.6 Å². The third-order valence-corrected chi connectivity index (χ3v) is 8.06. The lowest BCUT2D eigenvalue weighted by Gasteiger charge is -2.44. The number of para-hydroxylation sites is 1. The van der Waals surface area contributed by atoms with Crippen molar-refractivity contribution in [2.75, 3.05) is 31.2 Å². The highest BCUT2D eigenvalue weighted by atomic mass is 16.5. The highest BCUT2D eigenvalue weighted by molar-refractivity contribution is 5.70. The van der Waals surface area contributed by atoms with Crippen LogP contribution in [0.25, 0.3) is 11.1 Å². The number of aryl methyl sites for hydroxylation is 1. The van der Waals surface area contributed by atoms with Gasteiger partial charge < -0.3 is 20.1 Å². The summed E-state index contributed by atoms with van der Waals surface area (Å²) in [7, 11) is 0. The number of ether oxygens (including phenoxy) is 2. The van der Waals surface area contributed by atoms with Crippen LogP contribution in [0.3, 0.4) is 0 Å². The van der Waals surface area contributed by atoms with Gasteiger partial charge in [0.1, 0.15) is 12.4 Å². The van der Waals surface area contributed by atoms with Crippen molar-refractivity contribution >= 4 is 5.69 Å². The molecule has 4 nitrogen and oxygen atoms in total. The zero-order valence-corrected chi connectivity index (χ0v) is 21.8. The number of benzene rings is 3. The summed E-state index contributed by atoms with van der Waals surface area (Å²) < 4.78 is 12.2. The molecule has 4 heteroatoms. The third kappa shape index (κ3) is 5.61. The number of piperidine rings is 1. The Labute approximate surface area is 216 Å². The standard InChI is InChI=1S/C32H40N2O2/c1-3-26-8-4-5-11-31(26)36-22-25-18-29(28-10-6-9-27(20-28)24(2)33)21-30(19-25)34-15-13-32(14-16-34)12-7-17-35-23-32/h4-6,8-11,18-21,24H,3,7,12-17,22-23,33H2,1-2H3. The van der Waals surface area contributed by atoms with Crippen molar-refractivity contribution in [3.8, 4) is 16.9 Å². The molecule has 0 radical (unpaired) electrons. The molecule has 1 unspecified atom stereocenters. The topological polar surface area (TPSA) is 47.7 Å². The molecule has 36 heavy (non-hydrogen) atoms. The van der Waals surface area contributed by atoms with E-state index in [2.05, 4.69) is 72.5 Å². The normalized spacial score (nSPS) is 18.2. The van der Waals surface area contributed by atoms with Crippen molar-refractivity contribution in [1.29, 1.82) is 0 Å². The van der Waals surface area contributed by atoms with Crippen LogP contribution in [-0.2, 0) is 17.8 Å². The fourth-order valence-corrected chi connectivity index (χ4v) is 5.75. The van der Waals surface area contributed by atoms with Gasteiger partial charge in [0.05, 0.1) is 6.61 Å². The SMILES string of the molecule is CCc1ccccc1OCc1cc(-c2cccc(C(C)N)c2)cc(N2CCC3(CCCOC3)CC2)c1. The van der Waals surface area contributed by atoms with Crippen LogP contribution in [0.15, 0.2) is 66.7 Å². The highest BCUT2D eigenvalue weighted by Gasteiger charge is 2.36. The van der Waals surface area contributed by atoms with Crippen LogP contribution in [0.1, 0.15) is 62.3 Å². The highest BCUT2D eigenvalue weighted by Crippen LogP contribution is 2.40. The van der Waals surface area contributed by atoms with Crippen LogP contribution in [0.5, 0.6) is 5.75 Å². The summed E-state index contributed by atoms with van der Waals surface area (Å²) in [6.07, 6.45) is 5.87. The molecular formula is C32H40N2O2. The lowest BCUT2D eigenvalue weighted by atomic mass is 9.74. The average molecular weight is 485 g/mol. The Morgan fingerprint density at radius 1 is 0.972 bits per heavy atom. The molecule has 2 fully saturated rings. The molecular weight excluding hydrogens is 444 g/mol. The molecule has 2 aliphatic rings. The van der Waals surface area contributed by atoms with Gasteiger partial charge in [0.25, 0.3) is 0 Å². The monoisotopic (exact) mass is 484 g/mol. The summed E-state index contributed by atoms with van der Waals surface area (Å²) in [6.45, 7) is 8.78. The van der Waals surface area contributed by atoms with Gasteiger partial charge in [0.15, 0.2) is 0 Å². The Balaban J connectivity index is 1.43. The van der Waals surface area contributed by atoms with E-state index >= 15 is 0 Å². The van der Waals surface area contributed by atoms with E-state index in [-0.39, 0.29) is 6.04 Å².